The van der Waals surface area contributed by atoms with Crippen molar-refractivity contribution in [1.82, 2.24) is 20.1 Å². The predicted octanol–water partition coefficient (Wildman–Crippen LogP) is 4.04. The molecular weight excluding hydrogens is 390 g/mol. The van der Waals surface area contributed by atoms with Crippen molar-refractivity contribution in [3.8, 4) is 5.88 Å². The average molecular weight is 408 g/mol. The van der Waals surface area contributed by atoms with Crippen LogP contribution < -0.4 is 4.74 Å². The molecule has 2 aromatic heterocycles. The molecule has 3 heterocycles. The van der Waals surface area contributed by atoms with Gasteiger partial charge in [-0.2, -0.15) is 5.10 Å². The molecule has 0 unspecified atom stereocenters. The fourth-order valence-corrected chi connectivity index (χ4v) is 3.71. The normalized spacial score (nSPS) is 18.6. The molecule has 1 saturated heterocycles. The van der Waals surface area contributed by atoms with E-state index in [4.69, 9.17) is 4.74 Å². The molecule has 1 fully saturated rings. The van der Waals surface area contributed by atoms with Crippen molar-refractivity contribution in [1.29, 1.82) is 0 Å². The highest BCUT2D eigenvalue weighted by Gasteiger charge is 2.47. The number of halogens is 2. The summed E-state index contributed by atoms with van der Waals surface area (Å²) >= 11 is 0. The van der Waals surface area contributed by atoms with E-state index in [1.165, 1.54) is 4.90 Å². The molecule has 8 heteroatoms. The summed E-state index contributed by atoms with van der Waals surface area (Å²) < 4.78 is 34.8. The first-order valence-electron chi connectivity index (χ1n) is 9.64. The summed E-state index contributed by atoms with van der Waals surface area (Å²) in [5.74, 6) is -3.36. The Balaban J connectivity index is 1.39. The number of piperidine rings is 1. The Hall–Kier alpha value is -3.55. The summed E-state index contributed by atoms with van der Waals surface area (Å²) in [5, 5.41) is 8.45. The Labute approximate surface area is 170 Å². The van der Waals surface area contributed by atoms with Crippen LogP contribution in [-0.2, 0) is 0 Å². The molecule has 0 saturated carbocycles. The number of likely N-dealkylation sites (tertiary alicyclic amines) is 1. The first-order valence-corrected chi connectivity index (χ1v) is 9.64. The number of fused-ring (bicyclic) bond motifs is 2. The zero-order valence-corrected chi connectivity index (χ0v) is 15.9. The first-order chi connectivity index (χ1) is 14.5. The van der Waals surface area contributed by atoms with Gasteiger partial charge in [0.15, 0.2) is 11.8 Å². The topological polar surface area (TPSA) is 71.1 Å². The minimum absolute atomic E-state index is 0.0714. The number of benzene rings is 2. The van der Waals surface area contributed by atoms with Gasteiger partial charge in [-0.15, -0.1) is 0 Å². The lowest BCUT2D eigenvalue weighted by molar-refractivity contribution is -0.131. The molecule has 1 amide bonds. The van der Waals surface area contributed by atoms with Gasteiger partial charge in [-0.1, -0.05) is 36.4 Å². The van der Waals surface area contributed by atoms with Crippen molar-refractivity contribution in [3.05, 3.63) is 66.4 Å². The average Bonchev–Trinajstić information content (AvgIpc) is 3.19. The quantitative estimate of drug-likeness (QED) is 0.555. The second-order valence-electron chi connectivity index (χ2n) is 7.33. The fourth-order valence-electron chi connectivity index (χ4n) is 3.71. The maximum Gasteiger partial charge on any atom is 0.287 e. The van der Waals surface area contributed by atoms with Gasteiger partial charge in [-0.3, -0.25) is 9.89 Å². The molecule has 5 rings (SSSR count). The highest BCUT2D eigenvalue weighted by atomic mass is 19.3. The summed E-state index contributed by atoms with van der Waals surface area (Å²) in [6.07, 6.45) is -1.98. The van der Waals surface area contributed by atoms with Gasteiger partial charge < -0.3 is 9.64 Å². The Morgan fingerprint density at radius 1 is 1.10 bits per heavy atom. The van der Waals surface area contributed by atoms with Crippen LogP contribution in [0.4, 0.5) is 8.78 Å². The van der Waals surface area contributed by atoms with Crippen molar-refractivity contribution < 1.29 is 18.3 Å². The largest absolute Gasteiger partial charge is 0.466 e. The lowest BCUT2D eigenvalue weighted by Crippen LogP contribution is -2.55. The molecule has 0 radical (unpaired) electrons. The number of ether oxygens (including phenoxy) is 1. The lowest BCUT2D eigenvalue weighted by Gasteiger charge is -2.37. The van der Waals surface area contributed by atoms with Crippen molar-refractivity contribution in [2.75, 3.05) is 13.1 Å². The number of pyridine rings is 1. The summed E-state index contributed by atoms with van der Waals surface area (Å²) in [7, 11) is 0. The summed E-state index contributed by atoms with van der Waals surface area (Å²) in [6, 6.07) is 17.9. The predicted molar refractivity (Wildman–Crippen MR) is 108 cm³/mol. The Kier molecular flexibility index (Phi) is 4.34. The van der Waals surface area contributed by atoms with Gasteiger partial charge in [0, 0.05) is 29.8 Å². The van der Waals surface area contributed by atoms with E-state index in [2.05, 4.69) is 15.2 Å². The van der Waals surface area contributed by atoms with Gasteiger partial charge in [-0.05, 0) is 18.2 Å². The fraction of sp³-hybridized carbons (Fsp3) is 0.227. The van der Waals surface area contributed by atoms with Crippen molar-refractivity contribution in [2.45, 2.75) is 18.4 Å². The lowest BCUT2D eigenvalue weighted by atomic mass is 10.0. The number of para-hydroxylation sites is 2. The number of rotatable bonds is 3. The Morgan fingerprint density at radius 3 is 2.80 bits per heavy atom. The Morgan fingerprint density at radius 2 is 1.90 bits per heavy atom. The second-order valence-corrected chi connectivity index (χ2v) is 7.33. The third-order valence-corrected chi connectivity index (χ3v) is 5.37. The molecular formula is C22H18F2N4O2. The van der Waals surface area contributed by atoms with E-state index in [1.807, 2.05) is 24.3 Å². The van der Waals surface area contributed by atoms with E-state index in [9.17, 15) is 13.6 Å². The van der Waals surface area contributed by atoms with Crippen LogP contribution in [0.3, 0.4) is 0 Å². The smallest absolute Gasteiger partial charge is 0.287 e. The van der Waals surface area contributed by atoms with Crippen LogP contribution in [-0.4, -0.2) is 51.1 Å². The van der Waals surface area contributed by atoms with E-state index in [0.717, 1.165) is 10.9 Å². The molecule has 30 heavy (non-hydrogen) atoms. The van der Waals surface area contributed by atoms with Crippen molar-refractivity contribution in [3.63, 3.8) is 0 Å². The van der Waals surface area contributed by atoms with E-state index < -0.39 is 24.4 Å². The molecule has 1 aliphatic rings. The first kappa shape index (κ1) is 18.5. The number of nitrogens with zero attached hydrogens (tertiary/aromatic N) is 3. The minimum atomic E-state index is -3.07. The van der Waals surface area contributed by atoms with Gasteiger partial charge in [0.2, 0.25) is 5.88 Å². The third kappa shape index (κ3) is 3.24. The monoisotopic (exact) mass is 408 g/mol. The van der Waals surface area contributed by atoms with Crippen molar-refractivity contribution in [2.24, 2.45) is 0 Å². The van der Waals surface area contributed by atoms with Crippen LogP contribution in [0, 0.1) is 0 Å². The van der Waals surface area contributed by atoms with Crippen LogP contribution >= 0.6 is 0 Å². The van der Waals surface area contributed by atoms with Gasteiger partial charge in [-0.25, -0.2) is 13.8 Å². The standard InChI is InChI=1S/C22H18F2N4O2/c23-22(24)11-12-28(21(29)20-15-6-2-4-8-17(15)26-27-20)13-18(22)30-19-10-9-14-5-1-3-7-16(14)25-19/h1-10,18H,11-13H2,(H,26,27)/t18-/m0/s1. The number of aromatic nitrogens is 3. The number of carbonyl (C=O) groups is 1. The third-order valence-electron chi connectivity index (χ3n) is 5.37. The van der Waals surface area contributed by atoms with Gasteiger partial charge in [0.05, 0.1) is 17.6 Å². The van der Waals surface area contributed by atoms with Crippen LogP contribution in [0.1, 0.15) is 16.9 Å². The molecule has 152 valence electrons. The molecule has 0 aliphatic carbocycles. The van der Waals surface area contributed by atoms with Crippen LogP contribution in [0.15, 0.2) is 60.7 Å². The maximum absolute atomic E-state index is 14.6. The number of amides is 1. The molecule has 1 aliphatic heterocycles. The van der Waals surface area contributed by atoms with E-state index in [-0.39, 0.29) is 24.7 Å². The number of carbonyl (C=O) groups excluding carboxylic acids is 1. The van der Waals surface area contributed by atoms with E-state index >= 15 is 0 Å². The van der Waals surface area contributed by atoms with Crippen LogP contribution in [0.25, 0.3) is 21.8 Å². The molecule has 0 spiro atoms. The van der Waals surface area contributed by atoms with Gasteiger partial charge in [0.1, 0.15) is 0 Å². The van der Waals surface area contributed by atoms with Crippen LogP contribution in [0.2, 0.25) is 0 Å². The number of alkyl halides is 2. The highest BCUT2D eigenvalue weighted by Crippen LogP contribution is 2.32. The number of aromatic amines is 1. The molecule has 6 nitrogen and oxygen atoms in total. The molecule has 1 N–H and O–H groups in total. The number of nitrogens with one attached hydrogen (secondary N) is 1. The zero-order valence-electron chi connectivity index (χ0n) is 15.9. The van der Waals surface area contributed by atoms with Gasteiger partial charge >= 0.3 is 0 Å². The van der Waals surface area contributed by atoms with E-state index in [0.29, 0.717) is 10.9 Å². The van der Waals surface area contributed by atoms with Crippen LogP contribution in [0.5, 0.6) is 5.88 Å². The zero-order chi connectivity index (χ0) is 20.7. The summed E-state index contributed by atoms with van der Waals surface area (Å²) in [6.45, 7) is -0.320. The molecule has 0 bridgehead atoms. The summed E-state index contributed by atoms with van der Waals surface area (Å²) in [5.41, 5.74) is 1.60. The maximum atomic E-state index is 14.6. The molecule has 2 aromatic carbocycles. The van der Waals surface area contributed by atoms with E-state index in [1.54, 1.807) is 36.4 Å². The Bertz CT molecular complexity index is 1240. The molecule has 4 aromatic rings. The summed E-state index contributed by atoms with van der Waals surface area (Å²) in [4.78, 5) is 18.7. The highest BCUT2D eigenvalue weighted by molar-refractivity contribution is 6.04. The van der Waals surface area contributed by atoms with Crippen molar-refractivity contribution >= 4 is 27.7 Å². The SMILES string of the molecule is O=C(c1n[nH]c2ccccc12)N1CCC(F)(F)[C@@H](Oc2ccc3ccccc3n2)C1. The van der Waals surface area contributed by atoms with Gasteiger partial charge in [0.25, 0.3) is 11.8 Å². The minimum Gasteiger partial charge on any atom is -0.466 e. The number of H-pyrrole nitrogens is 1. The second kappa shape index (κ2) is 7.05. The number of hydrogen-bond donors (Lipinski definition) is 1. The number of hydrogen-bond acceptors (Lipinski definition) is 4. The molecule has 1 atom stereocenters.